The zero-order valence-corrected chi connectivity index (χ0v) is 25.9. The number of nitriles is 1. The first kappa shape index (κ1) is 28.3. The summed E-state index contributed by atoms with van der Waals surface area (Å²) in [4.78, 5) is 18.3. The second-order valence-corrected chi connectivity index (χ2v) is 18.9. The molecule has 13 heteroatoms. The van der Waals surface area contributed by atoms with E-state index in [1.54, 1.807) is 25.4 Å². The van der Waals surface area contributed by atoms with Crippen molar-refractivity contribution < 1.29 is 17.5 Å². The summed E-state index contributed by atoms with van der Waals surface area (Å²) in [5.74, 6) is -1.11. The molecule has 3 fully saturated rings. The fourth-order valence-electron chi connectivity index (χ4n) is 6.13. The number of piperidine rings is 1. The van der Waals surface area contributed by atoms with Crippen LogP contribution in [-0.4, -0.2) is 55.0 Å². The number of aromatic nitrogens is 2. The molecule has 0 amide bonds. The van der Waals surface area contributed by atoms with Gasteiger partial charge in [0.05, 0.1) is 0 Å². The first-order chi connectivity index (χ1) is 19.6. The van der Waals surface area contributed by atoms with Gasteiger partial charge < -0.3 is 0 Å². The van der Waals surface area contributed by atoms with Crippen molar-refractivity contribution in [3.8, 4) is 17.6 Å². The summed E-state index contributed by atoms with van der Waals surface area (Å²) in [6, 6.07) is 8.78. The Morgan fingerprint density at radius 2 is 2.02 bits per heavy atom. The van der Waals surface area contributed by atoms with Crippen molar-refractivity contribution in [2.75, 3.05) is 35.8 Å². The molecule has 2 N–H and O–H groups in total. The van der Waals surface area contributed by atoms with Gasteiger partial charge in [-0.15, -0.1) is 0 Å². The number of rotatable bonds is 7. The minimum absolute atomic E-state index is 0.108. The summed E-state index contributed by atoms with van der Waals surface area (Å²) in [6.07, 6.45) is 7.77. The van der Waals surface area contributed by atoms with E-state index in [1.165, 1.54) is 51.3 Å². The molecule has 3 aliphatic rings. The number of anilines is 1. The van der Waals surface area contributed by atoms with Gasteiger partial charge in [-0.3, -0.25) is 0 Å². The van der Waals surface area contributed by atoms with Crippen LogP contribution in [0.2, 0.25) is 0 Å². The number of benzene rings is 2. The number of hydrogen-bond donors (Lipinski definition) is 2. The van der Waals surface area contributed by atoms with E-state index < -0.39 is 41.9 Å². The second kappa shape index (κ2) is 10.5. The summed E-state index contributed by atoms with van der Waals surface area (Å²) in [7, 11) is -2.57. The molecule has 2 aliphatic heterocycles. The number of nitrogens with zero attached hydrogens (tertiary/aromatic N) is 4. The molecule has 2 saturated heterocycles. The third-order valence-electron chi connectivity index (χ3n) is 8.66. The molecule has 3 aromatic rings. The van der Waals surface area contributed by atoms with E-state index in [0.29, 0.717) is 19.7 Å². The Labute approximate surface area is 245 Å². The fourth-order valence-corrected chi connectivity index (χ4v) is 14.6. The summed E-state index contributed by atoms with van der Waals surface area (Å²) in [5, 5.41) is 13.6. The van der Waals surface area contributed by atoms with Crippen LogP contribution in [0, 0.1) is 22.6 Å². The molecule has 3 heterocycles. The molecule has 0 bridgehead atoms. The topological polar surface area (TPSA) is 129 Å². The Kier molecular flexibility index (Phi) is 7.24. The summed E-state index contributed by atoms with van der Waals surface area (Å²) in [5.41, 5.74) is 0.408. The van der Waals surface area contributed by atoms with Crippen LogP contribution in [0.15, 0.2) is 41.5 Å². The van der Waals surface area contributed by atoms with Crippen LogP contribution in [-0.2, 0) is 10.2 Å². The standard InChI is InChI=1S/C28H32FIN6O4S/c1-3-35(2)41(38,39)34-24-7-5-22(29)25(21(24)15-31)40-19-4-6-23-20(14-19)26(37)36(18-33-23)30-17-28(30)9-8-27(16-28)10-12-32-13-11-27/h4-7,14,18,32,34H,3,8-13,16-17H2,1-2H3. The number of ether oxygens (including phenoxy) is 1. The first-order valence-electron chi connectivity index (χ1n) is 13.6. The van der Waals surface area contributed by atoms with Crippen LogP contribution in [0.1, 0.15) is 44.6 Å². The van der Waals surface area contributed by atoms with Gasteiger partial charge in [0.1, 0.15) is 0 Å². The molecular weight excluding hydrogens is 662 g/mol. The zero-order valence-electron chi connectivity index (χ0n) is 22.9. The van der Waals surface area contributed by atoms with Gasteiger partial charge in [-0.1, -0.05) is 6.92 Å². The van der Waals surface area contributed by atoms with Gasteiger partial charge in [-0.25, -0.2) is 0 Å². The summed E-state index contributed by atoms with van der Waals surface area (Å²) in [6.45, 7) is 4.01. The molecule has 1 atom stereocenters. The molecule has 2 spiro atoms. The SMILES string of the molecule is CCN(C)S(=O)(=O)Nc1ccc(F)c(Oc2ccc3ncn(I4CC45CCC4(CCNCC4)C5)c(=O)c3c2)c1C#N. The van der Waals surface area contributed by atoms with Gasteiger partial charge in [0.25, 0.3) is 0 Å². The second-order valence-electron chi connectivity index (χ2n) is 11.1. The predicted molar refractivity (Wildman–Crippen MR) is 163 cm³/mol. The molecule has 1 aromatic heterocycles. The number of hydrogen-bond acceptors (Lipinski definition) is 7. The van der Waals surface area contributed by atoms with Crippen LogP contribution in [0.3, 0.4) is 0 Å². The number of nitrogens with one attached hydrogen (secondary N) is 2. The monoisotopic (exact) mass is 694 g/mol. The molecule has 1 unspecified atom stereocenters. The van der Waals surface area contributed by atoms with Gasteiger partial charge in [-0.05, 0) is 0 Å². The molecule has 10 nitrogen and oxygen atoms in total. The van der Waals surface area contributed by atoms with Gasteiger partial charge in [0.15, 0.2) is 0 Å². The Balaban J connectivity index is 1.29. The van der Waals surface area contributed by atoms with Crippen LogP contribution in [0.5, 0.6) is 11.5 Å². The molecule has 1 saturated carbocycles. The number of alkyl halides is 2. The van der Waals surface area contributed by atoms with Crippen LogP contribution in [0.4, 0.5) is 10.1 Å². The third-order valence-corrected chi connectivity index (χ3v) is 17.4. The fraction of sp³-hybridized carbons (Fsp3) is 0.464. The van der Waals surface area contributed by atoms with E-state index in [1.807, 2.05) is 8.85 Å². The quantitative estimate of drug-likeness (QED) is 0.278. The first-order valence-corrected chi connectivity index (χ1v) is 18.6. The molecule has 0 radical (unpaired) electrons. The van der Waals surface area contributed by atoms with E-state index >= 15 is 0 Å². The van der Waals surface area contributed by atoms with E-state index in [2.05, 4.69) is 15.0 Å². The van der Waals surface area contributed by atoms with E-state index in [9.17, 15) is 22.9 Å². The summed E-state index contributed by atoms with van der Waals surface area (Å²) >= 11 is -1.76. The van der Waals surface area contributed by atoms with E-state index in [-0.39, 0.29) is 29.1 Å². The van der Waals surface area contributed by atoms with Gasteiger partial charge in [-0.2, -0.15) is 0 Å². The van der Waals surface area contributed by atoms with Crippen molar-refractivity contribution in [3.63, 3.8) is 0 Å². The average Bonchev–Trinajstić information content (AvgIpc) is 3.55. The van der Waals surface area contributed by atoms with Crippen LogP contribution < -0.4 is 20.3 Å². The molecule has 1 aliphatic carbocycles. The van der Waals surface area contributed by atoms with Crippen molar-refractivity contribution in [2.45, 2.75) is 42.4 Å². The van der Waals surface area contributed by atoms with Crippen molar-refractivity contribution in [2.24, 2.45) is 5.41 Å². The molecule has 6 rings (SSSR count). The van der Waals surface area contributed by atoms with Crippen molar-refractivity contribution >= 4 is 46.9 Å². The maximum atomic E-state index is 14.9. The van der Waals surface area contributed by atoms with Gasteiger partial charge in [0, 0.05) is 13.6 Å². The van der Waals surface area contributed by atoms with Gasteiger partial charge >= 0.3 is 226 Å². The Hall–Kier alpha value is -2.80. The summed E-state index contributed by atoms with van der Waals surface area (Å²) < 4.78 is 52.5. The predicted octanol–water partition coefficient (Wildman–Crippen LogP) is 4.38. The normalized spacial score (nSPS) is 22.4. The average molecular weight is 695 g/mol. The zero-order chi connectivity index (χ0) is 29.0. The van der Waals surface area contributed by atoms with Gasteiger partial charge in [0.2, 0.25) is 0 Å². The Morgan fingerprint density at radius 3 is 2.76 bits per heavy atom. The van der Waals surface area contributed by atoms with E-state index in [4.69, 9.17) is 4.74 Å². The minimum atomic E-state index is -3.96. The molecule has 2 aromatic carbocycles. The maximum absolute atomic E-state index is 14.9. The Morgan fingerprint density at radius 1 is 1.24 bits per heavy atom. The van der Waals surface area contributed by atoms with Crippen molar-refractivity contribution in [1.82, 2.24) is 17.4 Å². The number of halogens is 2. The van der Waals surface area contributed by atoms with Crippen LogP contribution >= 0.6 is 20.1 Å². The third kappa shape index (κ3) is 5.09. The molecule has 41 heavy (non-hydrogen) atoms. The van der Waals surface area contributed by atoms with Crippen molar-refractivity contribution in [3.05, 3.63) is 58.4 Å². The van der Waals surface area contributed by atoms with Crippen LogP contribution in [0.25, 0.3) is 10.9 Å². The van der Waals surface area contributed by atoms with E-state index in [0.717, 1.165) is 27.9 Å². The van der Waals surface area contributed by atoms with Crippen molar-refractivity contribution in [1.29, 1.82) is 5.26 Å². The Bertz CT molecular complexity index is 1740. The molecule has 218 valence electrons. The number of fused-ring (bicyclic) bond motifs is 1. The molecular formula is C28H32FIN6O4S.